The molecular formula is C13H20N2S. The van der Waals surface area contributed by atoms with E-state index in [-0.39, 0.29) is 0 Å². The minimum Gasteiger partial charge on any atom is -0.311 e. The fraction of sp³-hybridized carbons (Fsp3) is 0.692. The summed E-state index contributed by atoms with van der Waals surface area (Å²) in [5, 5.41) is 8.12. The predicted molar refractivity (Wildman–Crippen MR) is 69.0 cm³/mol. The smallest absolute Gasteiger partial charge is 0.0223 e. The fourth-order valence-corrected chi connectivity index (χ4v) is 3.28. The van der Waals surface area contributed by atoms with Crippen LogP contribution in [0.3, 0.4) is 0 Å². The zero-order valence-electron chi connectivity index (χ0n) is 9.69. The topological polar surface area (TPSA) is 15.3 Å². The Hall–Kier alpha value is -0.380. The van der Waals surface area contributed by atoms with Crippen molar-refractivity contribution in [3.05, 3.63) is 22.4 Å². The second-order valence-electron chi connectivity index (χ2n) is 5.08. The first-order valence-electron chi connectivity index (χ1n) is 6.38. The molecule has 1 saturated heterocycles. The van der Waals surface area contributed by atoms with Gasteiger partial charge in [-0.25, -0.2) is 0 Å². The molecule has 1 aliphatic carbocycles. The summed E-state index contributed by atoms with van der Waals surface area (Å²) in [5.41, 5.74) is 1.51. The van der Waals surface area contributed by atoms with E-state index in [2.05, 4.69) is 27.0 Å². The van der Waals surface area contributed by atoms with Crippen molar-refractivity contribution in [1.29, 1.82) is 0 Å². The molecule has 1 aromatic heterocycles. The molecule has 2 fully saturated rings. The summed E-state index contributed by atoms with van der Waals surface area (Å²) in [6.07, 6.45) is 4.13. The quantitative estimate of drug-likeness (QED) is 0.860. The van der Waals surface area contributed by atoms with Crippen LogP contribution in [0, 0.1) is 5.92 Å². The van der Waals surface area contributed by atoms with Gasteiger partial charge in [-0.2, -0.15) is 11.3 Å². The minimum absolute atomic E-state index is 0.788. The lowest BCUT2D eigenvalue weighted by atomic mass is 10.1. The van der Waals surface area contributed by atoms with Gasteiger partial charge in [-0.3, -0.25) is 0 Å². The van der Waals surface area contributed by atoms with Crippen molar-refractivity contribution in [2.75, 3.05) is 26.2 Å². The molecule has 1 aromatic rings. The van der Waals surface area contributed by atoms with Crippen LogP contribution < -0.4 is 5.32 Å². The summed E-state index contributed by atoms with van der Waals surface area (Å²) in [5.74, 6) is 0.990. The van der Waals surface area contributed by atoms with Crippen LogP contribution in [0.1, 0.15) is 18.4 Å². The number of thiophene rings is 1. The van der Waals surface area contributed by atoms with E-state index in [0.29, 0.717) is 0 Å². The molecule has 0 radical (unpaired) electrons. The number of nitrogens with zero attached hydrogens (tertiary/aromatic N) is 1. The summed E-state index contributed by atoms with van der Waals surface area (Å²) in [4.78, 5) is 2.64. The number of nitrogens with one attached hydrogen (secondary N) is 1. The average molecular weight is 236 g/mol. The molecule has 3 heteroatoms. The SMILES string of the molecule is c1cc(CCN2CCNC(C3CC3)C2)cs1. The van der Waals surface area contributed by atoms with Gasteiger partial charge in [-0.15, -0.1) is 0 Å². The standard InChI is InChI=1S/C13H20N2S/c1-2-12(1)13-9-15(7-5-14-13)6-3-11-4-8-16-10-11/h4,8,10,12-14H,1-3,5-7,9H2. The molecule has 1 unspecified atom stereocenters. The van der Waals surface area contributed by atoms with Crippen molar-refractivity contribution >= 4 is 11.3 Å². The van der Waals surface area contributed by atoms with E-state index in [9.17, 15) is 0 Å². The van der Waals surface area contributed by atoms with Gasteiger partial charge < -0.3 is 10.2 Å². The summed E-state index contributed by atoms with van der Waals surface area (Å²) >= 11 is 1.81. The molecule has 88 valence electrons. The second kappa shape index (κ2) is 4.86. The van der Waals surface area contributed by atoms with Crippen LogP contribution in [-0.2, 0) is 6.42 Å². The third-order valence-corrected chi connectivity index (χ3v) is 4.51. The van der Waals surface area contributed by atoms with Crippen molar-refractivity contribution in [3.63, 3.8) is 0 Å². The Labute approximate surface area is 102 Å². The zero-order valence-corrected chi connectivity index (χ0v) is 10.5. The fourth-order valence-electron chi connectivity index (χ4n) is 2.58. The van der Waals surface area contributed by atoms with Crippen molar-refractivity contribution in [2.45, 2.75) is 25.3 Å². The maximum absolute atomic E-state index is 3.66. The summed E-state index contributed by atoms with van der Waals surface area (Å²) in [6, 6.07) is 3.04. The monoisotopic (exact) mass is 236 g/mol. The Morgan fingerprint density at radius 1 is 1.44 bits per heavy atom. The highest BCUT2D eigenvalue weighted by atomic mass is 32.1. The molecule has 0 spiro atoms. The van der Waals surface area contributed by atoms with Gasteiger partial charge in [0.05, 0.1) is 0 Å². The van der Waals surface area contributed by atoms with E-state index >= 15 is 0 Å². The van der Waals surface area contributed by atoms with Crippen LogP contribution >= 0.6 is 11.3 Å². The van der Waals surface area contributed by atoms with Gasteiger partial charge in [0, 0.05) is 32.2 Å². The van der Waals surface area contributed by atoms with Crippen molar-refractivity contribution in [3.8, 4) is 0 Å². The molecule has 3 rings (SSSR count). The minimum atomic E-state index is 0.788. The molecule has 1 N–H and O–H groups in total. The van der Waals surface area contributed by atoms with E-state index in [1.165, 1.54) is 51.0 Å². The maximum Gasteiger partial charge on any atom is 0.0223 e. The van der Waals surface area contributed by atoms with E-state index in [1.807, 2.05) is 11.3 Å². The highest BCUT2D eigenvalue weighted by Gasteiger charge is 2.33. The van der Waals surface area contributed by atoms with E-state index < -0.39 is 0 Å². The van der Waals surface area contributed by atoms with E-state index in [4.69, 9.17) is 0 Å². The van der Waals surface area contributed by atoms with E-state index in [1.54, 1.807) is 0 Å². The van der Waals surface area contributed by atoms with Crippen LogP contribution in [0.5, 0.6) is 0 Å². The summed E-state index contributed by atoms with van der Waals surface area (Å²) in [6.45, 7) is 4.93. The molecule has 2 nitrogen and oxygen atoms in total. The molecule has 0 amide bonds. The second-order valence-corrected chi connectivity index (χ2v) is 5.86. The van der Waals surface area contributed by atoms with Gasteiger partial charge in [-0.1, -0.05) is 0 Å². The molecule has 2 heterocycles. The number of hydrogen-bond acceptors (Lipinski definition) is 3. The molecule has 1 aliphatic heterocycles. The third kappa shape index (κ3) is 2.65. The maximum atomic E-state index is 3.66. The Morgan fingerprint density at radius 3 is 3.12 bits per heavy atom. The number of hydrogen-bond donors (Lipinski definition) is 1. The Balaban J connectivity index is 1.47. The number of piperazine rings is 1. The van der Waals surface area contributed by atoms with Crippen LogP contribution in [0.25, 0.3) is 0 Å². The first kappa shape index (κ1) is 10.8. The van der Waals surface area contributed by atoms with Gasteiger partial charge in [0.25, 0.3) is 0 Å². The summed E-state index contributed by atoms with van der Waals surface area (Å²) < 4.78 is 0. The highest BCUT2D eigenvalue weighted by Crippen LogP contribution is 2.33. The Kier molecular flexibility index (Phi) is 3.27. The van der Waals surface area contributed by atoms with Crippen LogP contribution in [-0.4, -0.2) is 37.1 Å². The predicted octanol–water partition coefficient (Wildman–Crippen LogP) is 1.97. The van der Waals surface area contributed by atoms with Gasteiger partial charge in [0.15, 0.2) is 0 Å². The largest absolute Gasteiger partial charge is 0.311 e. The first-order chi connectivity index (χ1) is 7.92. The first-order valence-corrected chi connectivity index (χ1v) is 7.33. The normalized spacial score (nSPS) is 27.1. The molecule has 1 atom stereocenters. The lowest BCUT2D eigenvalue weighted by molar-refractivity contribution is 0.190. The van der Waals surface area contributed by atoms with Gasteiger partial charge in [-0.05, 0) is 47.6 Å². The van der Waals surface area contributed by atoms with Crippen LogP contribution in [0.2, 0.25) is 0 Å². The van der Waals surface area contributed by atoms with Gasteiger partial charge in [0.2, 0.25) is 0 Å². The van der Waals surface area contributed by atoms with Gasteiger partial charge in [0.1, 0.15) is 0 Å². The van der Waals surface area contributed by atoms with E-state index in [0.717, 1.165) is 12.0 Å². The molecule has 0 bridgehead atoms. The Bertz CT molecular complexity index is 319. The Morgan fingerprint density at radius 2 is 2.38 bits per heavy atom. The molecule has 1 saturated carbocycles. The van der Waals surface area contributed by atoms with Crippen molar-refractivity contribution < 1.29 is 0 Å². The zero-order chi connectivity index (χ0) is 10.8. The van der Waals surface area contributed by atoms with Gasteiger partial charge >= 0.3 is 0 Å². The molecule has 0 aromatic carbocycles. The van der Waals surface area contributed by atoms with Crippen LogP contribution in [0.4, 0.5) is 0 Å². The average Bonchev–Trinajstić information content (AvgIpc) is 3.05. The van der Waals surface area contributed by atoms with Crippen molar-refractivity contribution in [1.82, 2.24) is 10.2 Å². The van der Waals surface area contributed by atoms with Crippen LogP contribution in [0.15, 0.2) is 16.8 Å². The molecule has 2 aliphatic rings. The summed E-state index contributed by atoms with van der Waals surface area (Å²) in [7, 11) is 0. The highest BCUT2D eigenvalue weighted by molar-refractivity contribution is 7.07. The van der Waals surface area contributed by atoms with Crippen molar-refractivity contribution in [2.24, 2.45) is 5.92 Å². The molecule has 16 heavy (non-hydrogen) atoms. The number of rotatable bonds is 4. The lowest BCUT2D eigenvalue weighted by Crippen LogP contribution is -2.52. The molecular weight excluding hydrogens is 216 g/mol. The third-order valence-electron chi connectivity index (χ3n) is 3.78. The lowest BCUT2D eigenvalue weighted by Gasteiger charge is -2.33.